The maximum atomic E-state index is 14.1. The highest BCUT2D eigenvalue weighted by Crippen LogP contribution is 2.17. The summed E-state index contributed by atoms with van der Waals surface area (Å²) < 4.78 is 46.2. The van der Waals surface area contributed by atoms with Gasteiger partial charge in [-0.3, -0.25) is 0 Å². The van der Waals surface area contributed by atoms with Gasteiger partial charge in [-0.25, -0.2) is 9.52 Å². The van der Waals surface area contributed by atoms with Gasteiger partial charge in [-0.05, 0) is 30.7 Å². The van der Waals surface area contributed by atoms with Crippen LogP contribution in [0.25, 0.3) is 5.65 Å². The Balaban J connectivity index is 1.93. The Morgan fingerprint density at radius 2 is 1.96 bits per heavy atom. The van der Waals surface area contributed by atoms with E-state index in [1.807, 2.05) is 6.92 Å². The zero-order chi connectivity index (χ0) is 18.0. The molecule has 0 radical (unpaired) electrons. The van der Waals surface area contributed by atoms with Gasteiger partial charge in [-0.15, -0.1) is 0 Å². The number of benzene rings is 1. The Morgan fingerprint density at radius 3 is 2.64 bits per heavy atom. The van der Waals surface area contributed by atoms with Crippen molar-refractivity contribution in [2.45, 2.75) is 18.4 Å². The summed E-state index contributed by atoms with van der Waals surface area (Å²) in [5.74, 6) is -1.12. The zero-order valence-corrected chi connectivity index (χ0v) is 13.8. The summed E-state index contributed by atoms with van der Waals surface area (Å²) in [6.45, 7) is 1.81. The molecule has 0 aliphatic carbocycles. The predicted molar refractivity (Wildman–Crippen MR) is 85.1 cm³/mol. The number of para-hydroxylation sites is 1. The lowest BCUT2D eigenvalue weighted by Crippen LogP contribution is -2.34. The number of carbonyl (C=O) groups is 1. The van der Waals surface area contributed by atoms with Gasteiger partial charge in [-0.1, -0.05) is 25.1 Å². The molecule has 130 valence electrons. The molecule has 1 amide bonds. The quantitative estimate of drug-likeness (QED) is 0.759. The molecule has 1 aromatic carbocycles. The molecule has 0 bridgehead atoms. The fourth-order valence-electron chi connectivity index (χ4n) is 2.11. The number of fused-ring (bicyclic) bond motifs is 1. The number of aromatic nitrogens is 3. The van der Waals surface area contributed by atoms with E-state index in [1.54, 1.807) is 29.0 Å². The Kier molecular flexibility index (Phi) is 4.36. The Bertz CT molecular complexity index is 1030. The molecule has 3 aromatic rings. The number of carbonyl (C=O) groups excluding carboxylic acids is 1. The standard InChI is InChI=1S/C15H13FN4O4S/c1-2-10-8-9-12-17-13(16)14(20(12)18-10)25(22,23)19-15(21)24-11-6-4-3-5-7-11/h3-9H,2H2,1H3,(H,19,21). The molecule has 0 unspecified atom stereocenters. The molecule has 0 saturated heterocycles. The monoisotopic (exact) mass is 364 g/mol. The van der Waals surface area contributed by atoms with Crippen LogP contribution in [0.3, 0.4) is 0 Å². The molecule has 10 heteroatoms. The van der Waals surface area contributed by atoms with E-state index < -0.39 is 27.1 Å². The number of amides is 1. The third kappa shape index (κ3) is 3.43. The maximum absolute atomic E-state index is 14.1. The van der Waals surface area contributed by atoms with E-state index in [0.29, 0.717) is 12.1 Å². The summed E-state index contributed by atoms with van der Waals surface area (Å²) in [6.07, 6.45) is -0.759. The topological polar surface area (TPSA) is 103 Å². The molecule has 1 N–H and O–H groups in total. The number of hydrogen-bond donors (Lipinski definition) is 1. The van der Waals surface area contributed by atoms with Crippen molar-refractivity contribution in [2.75, 3.05) is 0 Å². The number of sulfonamides is 1. The highest BCUT2D eigenvalue weighted by Gasteiger charge is 2.29. The number of ether oxygens (including phenoxy) is 1. The van der Waals surface area contributed by atoms with Crippen LogP contribution < -0.4 is 9.46 Å². The van der Waals surface area contributed by atoms with Crippen LogP contribution in [0, 0.1) is 5.95 Å². The number of imidazole rings is 1. The minimum Gasteiger partial charge on any atom is -0.410 e. The van der Waals surface area contributed by atoms with Crippen molar-refractivity contribution in [2.24, 2.45) is 0 Å². The lowest BCUT2D eigenvalue weighted by Gasteiger charge is -2.07. The van der Waals surface area contributed by atoms with E-state index in [9.17, 15) is 17.6 Å². The molecule has 0 aliphatic heterocycles. The van der Waals surface area contributed by atoms with Crippen LogP contribution in [-0.2, 0) is 16.4 Å². The smallest absolute Gasteiger partial charge is 0.410 e. The van der Waals surface area contributed by atoms with Crippen LogP contribution in [0.2, 0.25) is 0 Å². The average molecular weight is 364 g/mol. The van der Waals surface area contributed by atoms with Gasteiger partial charge in [0, 0.05) is 0 Å². The number of rotatable bonds is 4. The van der Waals surface area contributed by atoms with Gasteiger partial charge in [0.25, 0.3) is 16.0 Å². The zero-order valence-electron chi connectivity index (χ0n) is 13.0. The van der Waals surface area contributed by atoms with Crippen LogP contribution in [-0.4, -0.2) is 29.1 Å². The second-order valence-electron chi connectivity index (χ2n) is 4.96. The summed E-state index contributed by atoms with van der Waals surface area (Å²) in [4.78, 5) is 15.3. The largest absolute Gasteiger partial charge is 0.426 e. The van der Waals surface area contributed by atoms with E-state index in [-0.39, 0.29) is 11.4 Å². The molecule has 0 fully saturated rings. The Morgan fingerprint density at radius 1 is 1.24 bits per heavy atom. The first-order chi connectivity index (χ1) is 11.9. The van der Waals surface area contributed by atoms with Gasteiger partial charge in [-0.2, -0.15) is 27.4 Å². The average Bonchev–Trinajstić information content (AvgIpc) is 2.90. The Hall–Kier alpha value is -3.01. The molecule has 0 saturated carbocycles. The van der Waals surface area contributed by atoms with Gasteiger partial charge in [0.2, 0.25) is 5.03 Å². The predicted octanol–water partition coefficient (Wildman–Crippen LogP) is 1.91. The van der Waals surface area contributed by atoms with Crippen LogP contribution in [0.5, 0.6) is 5.75 Å². The van der Waals surface area contributed by atoms with E-state index in [0.717, 1.165) is 4.52 Å². The minimum atomic E-state index is -4.58. The summed E-state index contributed by atoms with van der Waals surface area (Å²) >= 11 is 0. The maximum Gasteiger partial charge on any atom is 0.426 e. The number of hydrogen-bond acceptors (Lipinski definition) is 6. The molecule has 8 nitrogen and oxygen atoms in total. The van der Waals surface area contributed by atoms with E-state index >= 15 is 0 Å². The fourth-order valence-corrected chi connectivity index (χ4v) is 3.10. The molecule has 0 aliphatic rings. The number of aryl methyl sites for hydroxylation is 1. The lowest BCUT2D eigenvalue weighted by molar-refractivity contribution is 0.206. The lowest BCUT2D eigenvalue weighted by atomic mass is 10.3. The van der Waals surface area contributed by atoms with Gasteiger partial charge in [0.1, 0.15) is 5.75 Å². The van der Waals surface area contributed by atoms with Crippen molar-refractivity contribution in [1.29, 1.82) is 0 Å². The van der Waals surface area contributed by atoms with E-state index in [4.69, 9.17) is 4.74 Å². The molecule has 25 heavy (non-hydrogen) atoms. The molecular weight excluding hydrogens is 351 g/mol. The molecule has 2 heterocycles. The highest BCUT2D eigenvalue weighted by molar-refractivity contribution is 7.90. The van der Waals surface area contributed by atoms with Crippen molar-refractivity contribution in [3.63, 3.8) is 0 Å². The van der Waals surface area contributed by atoms with Gasteiger partial charge in [0.05, 0.1) is 5.69 Å². The van der Waals surface area contributed by atoms with Gasteiger partial charge >= 0.3 is 6.09 Å². The number of nitrogens with one attached hydrogen (secondary N) is 1. The minimum absolute atomic E-state index is 0.00602. The number of nitrogens with zero attached hydrogens (tertiary/aromatic N) is 3. The van der Waals surface area contributed by atoms with Gasteiger partial charge < -0.3 is 4.74 Å². The van der Waals surface area contributed by atoms with E-state index in [1.165, 1.54) is 18.2 Å². The first-order valence-electron chi connectivity index (χ1n) is 7.24. The first kappa shape index (κ1) is 16.8. The van der Waals surface area contributed by atoms with Crippen molar-refractivity contribution in [1.82, 2.24) is 19.3 Å². The van der Waals surface area contributed by atoms with Crippen LogP contribution >= 0.6 is 0 Å². The summed E-state index contributed by atoms with van der Waals surface area (Å²) in [5, 5.41) is 3.16. The van der Waals surface area contributed by atoms with Crippen molar-refractivity contribution < 1.29 is 22.3 Å². The van der Waals surface area contributed by atoms with Crippen molar-refractivity contribution >= 4 is 21.8 Å². The van der Waals surface area contributed by atoms with Crippen molar-refractivity contribution in [3.05, 3.63) is 54.1 Å². The highest BCUT2D eigenvalue weighted by atomic mass is 32.2. The van der Waals surface area contributed by atoms with Crippen LogP contribution in [0.1, 0.15) is 12.6 Å². The third-order valence-corrected chi connectivity index (χ3v) is 4.53. The van der Waals surface area contributed by atoms with Crippen LogP contribution in [0.4, 0.5) is 9.18 Å². The summed E-state index contributed by atoms with van der Waals surface area (Å²) in [6, 6.07) is 10.9. The molecule has 0 atom stereocenters. The second kappa shape index (κ2) is 6.48. The number of halogens is 1. The van der Waals surface area contributed by atoms with Gasteiger partial charge in [0.15, 0.2) is 5.65 Å². The van der Waals surface area contributed by atoms with Crippen molar-refractivity contribution in [3.8, 4) is 5.75 Å². The van der Waals surface area contributed by atoms with Crippen LogP contribution in [0.15, 0.2) is 47.5 Å². The molecule has 0 spiro atoms. The molecule has 2 aromatic heterocycles. The normalized spacial score (nSPS) is 11.4. The Labute approximate surface area is 142 Å². The third-order valence-electron chi connectivity index (χ3n) is 3.24. The summed E-state index contributed by atoms with van der Waals surface area (Å²) in [7, 11) is -4.58. The molecule has 3 rings (SSSR count). The second-order valence-corrected chi connectivity index (χ2v) is 6.56. The molecular formula is C15H13FN4O4S. The first-order valence-corrected chi connectivity index (χ1v) is 8.73. The summed E-state index contributed by atoms with van der Waals surface area (Å²) in [5.41, 5.74) is 0.541. The fraction of sp³-hybridized carbons (Fsp3) is 0.133. The SMILES string of the molecule is CCc1ccc2nc(F)c(S(=O)(=O)NC(=O)Oc3ccccc3)n2n1. The van der Waals surface area contributed by atoms with E-state index in [2.05, 4.69) is 10.1 Å².